The number of likely N-dealkylation sites (tertiary alicyclic amines) is 1. The molecular weight excluding hydrogens is 738 g/mol. The van der Waals surface area contributed by atoms with Crippen LogP contribution in [0.2, 0.25) is 0 Å². The number of nitrogens with two attached hydrogens (primary N) is 3. The molecule has 0 unspecified atom stereocenters. The molecule has 0 radical (unpaired) electrons. The smallest absolute Gasteiger partial charge is 0.310 e. The van der Waals surface area contributed by atoms with Crippen molar-refractivity contribution in [3.63, 3.8) is 0 Å². The number of carbonyl (C=O) groups excluding carboxylic acids is 7. The number of benzene rings is 2. The third-order valence-corrected chi connectivity index (χ3v) is 8.71. The Morgan fingerprint density at radius 2 is 1.61 bits per heavy atom. The van der Waals surface area contributed by atoms with Crippen molar-refractivity contribution < 1.29 is 53.5 Å². The second kappa shape index (κ2) is 19.6. The highest BCUT2D eigenvalue weighted by atomic mass is 16.6. The Kier molecular flexibility index (Phi) is 15.3. The molecule has 56 heavy (non-hydrogen) atoms. The van der Waals surface area contributed by atoms with Crippen LogP contribution in [-0.2, 0) is 40.0 Å². The number of nitrogens with zero attached hydrogens (tertiary/aromatic N) is 2. The quantitative estimate of drug-likeness (QED) is 0.0475. The van der Waals surface area contributed by atoms with E-state index in [-0.39, 0.29) is 48.5 Å². The fourth-order valence-electron chi connectivity index (χ4n) is 5.94. The summed E-state index contributed by atoms with van der Waals surface area (Å²) >= 11 is 0. The van der Waals surface area contributed by atoms with E-state index in [9.17, 15) is 58.7 Å². The molecule has 5 atom stereocenters. The fraction of sp³-hybridized carbons (Fsp3) is 0.429. The molecule has 7 amide bonds. The van der Waals surface area contributed by atoms with Gasteiger partial charge < -0.3 is 48.3 Å². The van der Waals surface area contributed by atoms with Crippen LogP contribution in [0.3, 0.4) is 0 Å². The molecule has 0 spiro atoms. The summed E-state index contributed by atoms with van der Waals surface area (Å²) < 4.78 is 0. The summed E-state index contributed by atoms with van der Waals surface area (Å²) in [5.74, 6) is -8.71. The third-order valence-electron chi connectivity index (χ3n) is 8.71. The summed E-state index contributed by atoms with van der Waals surface area (Å²) in [6.45, 7) is 3.59. The molecule has 21 nitrogen and oxygen atoms in total. The molecule has 1 aliphatic rings. The summed E-state index contributed by atoms with van der Waals surface area (Å²) in [5, 5.41) is 39.7. The van der Waals surface area contributed by atoms with Crippen molar-refractivity contribution in [3.8, 4) is 5.75 Å². The maximum absolute atomic E-state index is 13.9. The zero-order valence-corrected chi connectivity index (χ0v) is 30.6. The first kappa shape index (κ1) is 43.8. The maximum atomic E-state index is 13.9. The number of rotatable bonds is 18. The van der Waals surface area contributed by atoms with Gasteiger partial charge in [0.25, 0.3) is 5.91 Å². The van der Waals surface area contributed by atoms with Crippen molar-refractivity contribution in [2.75, 3.05) is 12.3 Å². The van der Waals surface area contributed by atoms with Crippen LogP contribution in [0.25, 0.3) is 0 Å². The topological polar surface area (TPSA) is 350 Å². The Labute approximate surface area is 319 Å². The van der Waals surface area contributed by atoms with Crippen molar-refractivity contribution in [1.29, 1.82) is 0 Å². The maximum Gasteiger partial charge on any atom is 0.310 e. The van der Waals surface area contributed by atoms with E-state index in [0.717, 1.165) is 12.1 Å². The number of carbonyl (C=O) groups is 8. The number of aromatic hydroxyl groups is 1. The molecule has 0 saturated carbocycles. The SMILES string of the molecule is CC(C)C[C@H](NC(=O)[C@@H](N)CC(=O)NC(=O)c1ccccc1N)C(=O)N1CCC[C@H]1C(=O)N[C@@H](CC(=O)O)C(=O)N[C@@H](Cc1ccc(O)c([N+](=O)[O-])c1)C(N)=O. The van der Waals surface area contributed by atoms with Gasteiger partial charge in [-0.3, -0.25) is 53.8 Å². The average molecular weight is 784 g/mol. The number of imide groups is 1. The number of nitro groups is 1. The van der Waals surface area contributed by atoms with Gasteiger partial charge in [-0.25, -0.2) is 0 Å². The molecule has 2 aromatic carbocycles. The Morgan fingerprint density at radius 3 is 2.21 bits per heavy atom. The molecule has 1 fully saturated rings. The average Bonchev–Trinajstić information content (AvgIpc) is 3.61. The Morgan fingerprint density at radius 1 is 0.946 bits per heavy atom. The monoisotopic (exact) mass is 783 g/mol. The summed E-state index contributed by atoms with van der Waals surface area (Å²) in [5.41, 5.74) is 16.8. The molecule has 0 aromatic heterocycles. The third kappa shape index (κ3) is 12.2. The van der Waals surface area contributed by atoms with Crippen molar-refractivity contribution in [1.82, 2.24) is 26.2 Å². The minimum Gasteiger partial charge on any atom is -0.502 e. The minimum atomic E-state index is -1.77. The van der Waals surface area contributed by atoms with Crippen LogP contribution in [0, 0.1) is 16.0 Å². The van der Waals surface area contributed by atoms with E-state index in [1.807, 2.05) is 0 Å². The largest absolute Gasteiger partial charge is 0.502 e. The summed E-state index contributed by atoms with van der Waals surface area (Å²) in [7, 11) is 0. The van der Waals surface area contributed by atoms with Crippen molar-refractivity contribution in [2.45, 2.75) is 82.6 Å². The summed E-state index contributed by atoms with van der Waals surface area (Å²) in [6, 6.07) is 2.02. The summed E-state index contributed by atoms with van der Waals surface area (Å²) in [4.78, 5) is 114. The highest BCUT2D eigenvalue weighted by molar-refractivity contribution is 6.08. The lowest BCUT2D eigenvalue weighted by atomic mass is 10.0. The van der Waals surface area contributed by atoms with Crippen LogP contribution >= 0.6 is 0 Å². The molecular formula is C35H45N9O12. The number of nitrogen functional groups attached to an aromatic ring is 1. The highest BCUT2D eigenvalue weighted by Gasteiger charge is 2.40. The standard InChI is InChI=1S/C35H45N9O12/c1-17(2)12-24(41-32(51)21(37)15-28(46)42-31(50)19-6-3-4-7-20(19)36)35(54)43-11-5-8-25(43)34(53)40-23(16-29(47)48)33(52)39-22(30(38)49)13-18-9-10-27(45)26(14-18)44(55)56/h3-4,6-7,9-10,14,17,21-25,45H,5,8,11-13,15-16,36-37H2,1-2H3,(H2,38,49)(H,39,52)(H,40,53)(H,41,51)(H,47,48)(H,42,46,50)/t21-,22-,23-,24-,25-/m0/s1. The molecule has 302 valence electrons. The zero-order chi connectivity index (χ0) is 41.9. The van der Waals surface area contributed by atoms with E-state index in [1.54, 1.807) is 26.0 Å². The van der Waals surface area contributed by atoms with Crippen LogP contribution in [0.15, 0.2) is 42.5 Å². The van der Waals surface area contributed by atoms with E-state index in [0.29, 0.717) is 6.42 Å². The highest BCUT2D eigenvalue weighted by Crippen LogP contribution is 2.27. The van der Waals surface area contributed by atoms with Gasteiger partial charge in [0.1, 0.15) is 24.2 Å². The fourth-order valence-corrected chi connectivity index (χ4v) is 5.94. The number of carboxylic acids is 1. The van der Waals surface area contributed by atoms with Gasteiger partial charge >= 0.3 is 11.7 Å². The number of hydrogen-bond acceptors (Lipinski definition) is 13. The minimum absolute atomic E-state index is 0.0381. The molecule has 2 aromatic rings. The number of nitro benzene ring substituents is 1. The Balaban J connectivity index is 1.70. The van der Waals surface area contributed by atoms with E-state index >= 15 is 0 Å². The predicted molar refractivity (Wildman–Crippen MR) is 196 cm³/mol. The lowest BCUT2D eigenvalue weighted by Gasteiger charge is -2.31. The number of phenolic OH excluding ortho intramolecular Hbond substituents is 1. The predicted octanol–water partition coefficient (Wildman–Crippen LogP) is -1.45. The number of phenols is 1. The number of anilines is 1. The van der Waals surface area contributed by atoms with Crippen LogP contribution in [0.1, 0.15) is 61.9 Å². The second-order valence-electron chi connectivity index (χ2n) is 13.6. The van der Waals surface area contributed by atoms with E-state index < -0.39 is 107 Å². The first-order chi connectivity index (χ1) is 26.3. The first-order valence-electron chi connectivity index (χ1n) is 17.4. The van der Waals surface area contributed by atoms with Crippen LogP contribution in [0.5, 0.6) is 5.75 Å². The molecule has 0 aliphatic carbocycles. The molecule has 1 saturated heterocycles. The summed E-state index contributed by atoms with van der Waals surface area (Å²) in [6.07, 6.45) is -1.45. The van der Waals surface area contributed by atoms with Gasteiger partial charge in [-0.2, -0.15) is 0 Å². The Hall–Kier alpha value is -6.64. The number of para-hydroxylation sites is 1. The second-order valence-corrected chi connectivity index (χ2v) is 13.6. The van der Waals surface area contributed by atoms with Gasteiger partial charge in [0.05, 0.1) is 29.4 Å². The van der Waals surface area contributed by atoms with Gasteiger partial charge in [-0.1, -0.05) is 32.0 Å². The van der Waals surface area contributed by atoms with Gasteiger partial charge in [0.15, 0.2) is 5.75 Å². The molecule has 1 heterocycles. The molecule has 21 heteroatoms. The number of hydrogen-bond donors (Lipinski definition) is 9. The van der Waals surface area contributed by atoms with Crippen LogP contribution < -0.4 is 38.5 Å². The lowest BCUT2D eigenvalue weighted by Crippen LogP contribution is -2.59. The van der Waals surface area contributed by atoms with E-state index in [4.69, 9.17) is 17.2 Å². The van der Waals surface area contributed by atoms with Crippen LogP contribution in [-0.4, -0.2) is 104 Å². The van der Waals surface area contributed by atoms with E-state index in [2.05, 4.69) is 21.3 Å². The van der Waals surface area contributed by atoms with Gasteiger partial charge in [0, 0.05) is 24.7 Å². The first-order valence-corrected chi connectivity index (χ1v) is 17.4. The van der Waals surface area contributed by atoms with Gasteiger partial charge in [0.2, 0.25) is 35.4 Å². The van der Waals surface area contributed by atoms with Crippen LogP contribution in [0.4, 0.5) is 11.4 Å². The van der Waals surface area contributed by atoms with E-state index in [1.165, 1.54) is 23.1 Å². The Bertz CT molecular complexity index is 1870. The molecule has 12 N–H and O–H groups in total. The lowest BCUT2D eigenvalue weighted by molar-refractivity contribution is -0.385. The number of aliphatic carboxylic acids is 1. The van der Waals surface area contributed by atoms with Crippen molar-refractivity contribution in [3.05, 3.63) is 63.7 Å². The number of nitrogens with one attached hydrogen (secondary N) is 4. The van der Waals surface area contributed by atoms with Gasteiger partial charge in [-0.05, 0) is 48.9 Å². The van der Waals surface area contributed by atoms with Crippen molar-refractivity contribution in [2.24, 2.45) is 17.4 Å². The number of carboxylic acid groups (broad SMARTS) is 1. The molecule has 1 aliphatic heterocycles. The molecule has 0 bridgehead atoms. The van der Waals surface area contributed by atoms with Crippen molar-refractivity contribution >= 4 is 58.7 Å². The number of primary amides is 1. The number of amides is 7. The zero-order valence-electron chi connectivity index (χ0n) is 30.6. The molecule has 3 rings (SSSR count). The normalized spacial score (nSPS) is 15.8. The van der Waals surface area contributed by atoms with Gasteiger partial charge in [-0.15, -0.1) is 0 Å².